The number of hydrogen-bond donors (Lipinski definition) is 1. The van der Waals surface area contributed by atoms with Crippen molar-refractivity contribution in [3.8, 4) is 0 Å². The van der Waals surface area contributed by atoms with Crippen LogP contribution in [-0.2, 0) is 11.2 Å². The quantitative estimate of drug-likeness (QED) is 0.893. The van der Waals surface area contributed by atoms with Gasteiger partial charge in [-0.3, -0.25) is 4.79 Å². The van der Waals surface area contributed by atoms with Gasteiger partial charge in [0.05, 0.1) is 6.42 Å². The Hall–Kier alpha value is -0.830. The highest BCUT2D eigenvalue weighted by atomic mass is 79.9. The Labute approximate surface area is 98.2 Å². The van der Waals surface area contributed by atoms with E-state index in [0.29, 0.717) is 6.42 Å². The van der Waals surface area contributed by atoms with Gasteiger partial charge in [-0.05, 0) is 36.5 Å². The molecule has 3 heteroatoms. The number of nitrogens with one attached hydrogen (secondary N) is 1. The topological polar surface area (TPSA) is 29.1 Å². The molecule has 1 saturated carbocycles. The van der Waals surface area contributed by atoms with Crippen LogP contribution in [0.5, 0.6) is 0 Å². The molecule has 1 N–H and O–H groups in total. The summed E-state index contributed by atoms with van der Waals surface area (Å²) in [6, 6.07) is 7.87. The first-order chi connectivity index (χ1) is 7.24. The monoisotopic (exact) mass is 267 g/mol. The minimum absolute atomic E-state index is 0.129. The molecule has 0 aliphatic heterocycles. The molecule has 1 amide bonds. The highest BCUT2D eigenvalue weighted by molar-refractivity contribution is 9.10. The van der Waals surface area contributed by atoms with E-state index in [-0.39, 0.29) is 5.91 Å². The number of halogens is 1. The predicted octanol–water partition coefficient (Wildman–Crippen LogP) is 2.52. The third kappa shape index (κ3) is 3.67. The SMILES string of the molecule is O=C(Cc1ccc(Br)cc1)NCC1CC1. The third-order valence-electron chi connectivity index (χ3n) is 2.56. The normalized spacial score (nSPS) is 15.0. The number of benzene rings is 1. The van der Waals surface area contributed by atoms with Crippen LogP contribution in [0.1, 0.15) is 18.4 Å². The number of amides is 1. The van der Waals surface area contributed by atoms with E-state index in [1.165, 1.54) is 12.8 Å². The molecular weight excluding hydrogens is 254 g/mol. The van der Waals surface area contributed by atoms with Gasteiger partial charge in [0, 0.05) is 11.0 Å². The van der Waals surface area contributed by atoms with E-state index in [9.17, 15) is 4.79 Å². The Morgan fingerprint density at radius 2 is 2.00 bits per heavy atom. The van der Waals surface area contributed by atoms with Crippen molar-refractivity contribution in [3.05, 3.63) is 34.3 Å². The lowest BCUT2D eigenvalue weighted by Crippen LogP contribution is -2.27. The lowest BCUT2D eigenvalue weighted by atomic mass is 10.1. The van der Waals surface area contributed by atoms with Crippen LogP contribution in [0.25, 0.3) is 0 Å². The van der Waals surface area contributed by atoms with Crippen LogP contribution in [0.4, 0.5) is 0 Å². The summed E-state index contributed by atoms with van der Waals surface area (Å²) in [5, 5.41) is 2.96. The molecule has 0 atom stereocenters. The zero-order valence-corrected chi connectivity index (χ0v) is 10.1. The van der Waals surface area contributed by atoms with Gasteiger partial charge in [0.25, 0.3) is 0 Å². The molecular formula is C12H14BrNO. The first kappa shape index (κ1) is 10.7. The first-order valence-corrected chi connectivity index (χ1v) is 6.04. The van der Waals surface area contributed by atoms with Gasteiger partial charge in [0.1, 0.15) is 0 Å². The van der Waals surface area contributed by atoms with Crippen LogP contribution in [0.15, 0.2) is 28.7 Å². The minimum Gasteiger partial charge on any atom is -0.356 e. The van der Waals surface area contributed by atoms with Gasteiger partial charge < -0.3 is 5.32 Å². The van der Waals surface area contributed by atoms with Crippen LogP contribution in [0, 0.1) is 5.92 Å². The molecule has 0 saturated heterocycles. The zero-order chi connectivity index (χ0) is 10.7. The molecule has 0 spiro atoms. The number of hydrogen-bond acceptors (Lipinski definition) is 1. The van der Waals surface area contributed by atoms with Crippen molar-refractivity contribution in [1.29, 1.82) is 0 Å². The summed E-state index contributed by atoms with van der Waals surface area (Å²) >= 11 is 3.37. The molecule has 1 aromatic rings. The Morgan fingerprint density at radius 3 is 2.60 bits per heavy atom. The Morgan fingerprint density at radius 1 is 1.33 bits per heavy atom. The van der Waals surface area contributed by atoms with E-state index < -0.39 is 0 Å². The van der Waals surface area contributed by atoms with Gasteiger partial charge in [-0.2, -0.15) is 0 Å². The summed E-state index contributed by atoms with van der Waals surface area (Å²) in [6.07, 6.45) is 3.04. The van der Waals surface area contributed by atoms with Crippen molar-refractivity contribution < 1.29 is 4.79 Å². The maximum absolute atomic E-state index is 11.5. The molecule has 1 aliphatic rings. The van der Waals surface area contributed by atoms with Crippen molar-refractivity contribution in [2.45, 2.75) is 19.3 Å². The fourth-order valence-electron chi connectivity index (χ4n) is 1.43. The van der Waals surface area contributed by atoms with E-state index in [1.54, 1.807) is 0 Å². The number of carbonyl (C=O) groups excluding carboxylic acids is 1. The first-order valence-electron chi connectivity index (χ1n) is 5.25. The fourth-order valence-corrected chi connectivity index (χ4v) is 1.69. The van der Waals surface area contributed by atoms with Crippen LogP contribution in [0.2, 0.25) is 0 Å². The average molecular weight is 268 g/mol. The standard InChI is InChI=1S/C12H14BrNO/c13-11-5-3-9(4-6-11)7-12(15)14-8-10-1-2-10/h3-6,10H,1-2,7-8H2,(H,14,15). The molecule has 1 aromatic carbocycles. The lowest BCUT2D eigenvalue weighted by Gasteiger charge is -2.04. The van der Waals surface area contributed by atoms with E-state index in [1.807, 2.05) is 24.3 Å². The molecule has 0 heterocycles. The lowest BCUT2D eigenvalue weighted by molar-refractivity contribution is -0.120. The minimum atomic E-state index is 0.129. The fraction of sp³-hybridized carbons (Fsp3) is 0.417. The molecule has 15 heavy (non-hydrogen) atoms. The summed E-state index contributed by atoms with van der Waals surface area (Å²) in [7, 11) is 0. The highest BCUT2D eigenvalue weighted by Crippen LogP contribution is 2.27. The molecule has 2 rings (SSSR count). The molecule has 2 nitrogen and oxygen atoms in total. The largest absolute Gasteiger partial charge is 0.356 e. The average Bonchev–Trinajstić information content (AvgIpc) is 3.02. The Bertz CT molecular complexity index is 343. The van der Waals surface area contributed by atoms with Crippen LogP contribution < -0.4 is 5.32 Å². The van der Waals surface area contributed by atoms with E-state index in [4.69, 9.17) is 0 Å². The van der Waals surface area contributed by atoms with Gasteiger partial charge in [-0.1, -0.05) is 28.1 Å². The molecule has 0 aromatic heterocycles. The second kappa shape index (κ2) is 4.79. The highest BCUT2D eigenvalue weighted by Gasteiger charge is 2.21. The van der Waals surface area contributed by atoms with Crippen LogP contribution in [0.3, 0.4) is 0 Å². The van der Waals surface area contributed by atoms with Crippen molar-refractivity contribution >= 4 is 21.8 Å². The smallest absolute Gasteiger partial charge is 0.224 e. The Kier molecular flexibility index (Phi) is 3.41. The molecule has 1 fully saturated rings. The van der Waals surface area contributed by atoms with Gasteiger partial charge in [-0.15, -0.1) is 0 Å². The maximum atomic E-state index is 11.5. The van der Waals surface area contributed by atoms with E-state index >= 15 is 0 Å². The predicted molar refractivity (Wildman–Crippen MR) is 63.6 cm³/mol. The zero-order valence-electron chi connectivity index (χ0n) is 8.50. The van der Waals surface area contributed by atoms with Crippen LogP contribution >= 0.6 is 15.9 Å². The second-order valence-electron chi connectivity index (χ2n) is 4.05. The van der Waals surface area contributed by atoms with Gasteiger partial charge >= 0.3 is 0 Å². The number of rotatable bonds is 4. The van der Waals surface area contributed by atoms with Crippen molar-refractivity contribution in [2.75, 3.05) is 6.54 Å². The second-order valence-corrected chi connectivity index (χ2v) is 4.97. The van der Waals surface area contributed by atoms with Crippen LogP contribution in [-0.4, -0.2) is 12.5 Å². The van der Waals surface area contributed by atoms with Crippen molar-refractivity contribution in [2.24, 2.45) is 5.92 Å². The molecule has 1 aliphatic carbocycles. The summed E-state index contributed by atoms with van der Waals surface area (Å²) in [4.78, 5) is 11.5. The maximum Gasteiger partial charge on any atom is 0.224 e. The van der Waals surface area contributed by atoms with E-state index in [2.05, 4.69) is 21.2 Å². The van der Waals surface area contributed by atoms with Gasteiger partial charge in [0.15, 0.2) is 0 Å². The summed E-state index contributed by atoms with van der Waals surface area (Å²) in [6.45, 7) is 0.857. The summed E-state index contributed by atoms with van der Waals surface area (Å²) < 4.78 is 1.05. The molecule has 80 valence electrons. The molecule has 0 unspecified atom stereocenters. The molecule has 0 bridgehead atoms. The van der Waals surface area contributed by atoms with E-state index in [0.717, 1.165) is 22.5 Å². The summed E-state index contributed by atoms with van der Waals surface area (Å²) in [5.74, 6) is 0.878. The number of carbonyl (C=O) groups is 1. The van der Waals surface area contributed by atoms with Crippen molar-refractivity contribution in [1.82, 2.24) is 5.32 Å². The summed E-state index contributed by atoms with van der Waals surface area (Å²) in [5.41, 5.74) is 1.06. The van der Waals surface area contributed by atoms with Crippen molar-refractivity contribution in [3.63, 3.8) is 0 Å². The van der Waals surface area contributed by atoms with Gasteiger partial charge in [-0.25, -0.2) is 0 Å². The third-order valence-corrected chi connectivity index (χ3v) is 3.09. The van der Waals surface area contributed by atoms with Gasteiger partial charge in [0.2, 0.25) is 5.91 Å². The Balaban J connectivity index is 1.79. The molecule has 0 radical (unpaired) electrons.